The Morgan fingerprint density at radius 2 is 2.11 bits per heavy atom. The first-order valence-electron chi connectivity index (χ1n) is 6.25. The van der Waals surface area contributed by atoms with Crippen LogP contribution in [0.5, 0.6) is 0 Å². The van der Waals surface area contributed by atoms with Gasteiger partial charge in [-0.05, 0) is 20.8 Å². The Morgan fingerprint density at radius 1 is 1.39 bits per heavy atom. The highest BCUT2D eigenvalue weighted by Crippen LogP contribution is 2.08. The highest BCUT2D eigenvalue weighted by atomic mass is 16.5. The maximum atomic E-state index is 9.45. The molecule has 104 valence electrons. The SMILES string of the molecule is COCCc1noc(CN(CC(C)O)C(C)C)n1. The lowest BCUT2D eigenvalue weighted by atomic mass is 10.2. The van der Waals surface area contributed by atoms with E-state index < -0.39 is 0 Å². The molecule has 6 nitrogen and oxygen atoms in total. The smallest absolute Gasteiger partial charge is 0.240 e. The van der Waals surface area contributed by atoms with Crippen LogP contribution in [0.15, 0.2) is 4.52 Å². The number of ether oxygens (including phenoxy) is 1. The number of aliphatic hydroxyl groups excluding tert-OH is 1. The highest BCUT2D eigenvalue weighted by molar-refractivity contribution is 4.87. The van der Waals surface area contributed by atoms with E-state index in [-0.39, 0.29) is 6.10 Å². The molecular formula is C12H23N3O3. The Labute approximate surface area is 108 Å². The summed E-state index contributed by atoms with van der Waals surface area (Å²) in [5, 5.41) is 13.3. The van der Waals surface area contributed by atoms with Gasteiger partial charge in [-0.2, -0.15) is 4.98 Å². The van der Waals surface area contributed by atoms with Gasteiger partial charge in [0.1, 0.15) is 0 Å². The molecule has 1 aromatic rings. The van der Waals surface area contributed by atoms with Crippen molar-refractivity contribution in [2.24, 2.45) is 0 Å². The number of nitrogens with zero attached hydrogens (tertiary/aromatic N) is 3. The van der Waals surface area contributed by atoms with Crippen molar-refractivity contribution in [2.45, 2.75) is 45.9 Å². The summed E-state index contributed by atoms with van der Waals surface area (Å²) in [7, 11) is 1.64. The number of aromatic nitrogens is 2. The van der Waals surface area contributed by atoms with E-state index >= 15 is 0 Å². The molecule has 0 amide bonds. The van der Waals surface area contributed by atoms with Gasteiger partial charge >= 0.3 is 0 Å². The summed E-state index contributed by atoms with van der Waals surface area (Å²) >= 11 is 0. The van der Waals surface area contributed by atoms with Crippen LogP contribution in [0, 0.1) is 0 Å². The summed E-state index contributed by atoms with van der Waals surface area (Å²) in [5.74, 6) is 1.24. The van der Waals surface area contributed by atoms with Crippen LogP contribution < -0.4 is 0 Å². The minimum absolute atomic E-state index is 0.314. The molecule has 0 aromatic carbocycles. The van der Waals surface area contributed by atoms with E-state index in [1.165, 1.54) is 0 Å². The second-order valence-electron chi connectivity index (χ2n) is 4.72. The predicted molar refractivity (Wildman–Crippen MR) is 67.1 cm³/mol. The number of hydrogen-bond donors (Lipinski definition) is 1. The first-order chi connectivity index (χ1) is 8.52. The fraction of sp³-hybridized carbons (Fsp3) is 0.833. The molecule has 1 atom stereocenters. The van der Waals surface area contributed by atoms with Crippen molar-refractivity contribution < 1.29 is 14.4 Å². The van der Waals surface area contributed by atoms with E-state index in [9.17, 15) is 5.11 Å². The minimum atomic E-state index is -0.372. The molecule has 0 saturated carbocycles. The molecule has 0 aliphatic carbocycles. The van der Waals surface area contributed by atoms with Crippen LogP contribution in [0.25, 0.3) is 0 Å². The second-order valence-corrected chi connectivity index (χ2v) is 4.72. The lowest BCUT2D eigenvalue weighted by Gasteiger charge is -2.25. The van der Waals surface area contributed by atoms with Gasteiger partial charge in [0.2, 0.25) is 5.89 Å². The standard InChI is InChI=1S/C12H23N3O3/c1-9(2)15(7-10(3)16)8-12-13-11(14-18-12)5-6-17-4/h9-10,16H,5-8H2,1-4H3. The Bertz CT molecular complexity index is 339. The van der Waals surface area contributed by atoms with Gasteiger partial charge < -0.3 is 14.4 Å². The van der Waals surface area contributed by atoms with Crippen LogP contribution in [-0.2, 0) is 17.7 Å². The van der Waals surface area contributed by atoms with E-state index in [2.05, 4.69) is 28.9 Å². The van der Waals surface area contributed by atoms with E-state index in [1.54, 1.807) is 14.0 Å². The molecular weight excluding hydrogens is 234 g/mol. The van der Waals surface area contributed by atoms with Crippen molar-refractivity contribution in [1.82, 2.24) is 15.0 Å². The van der Waals surface area contributed by atoms with Crippen LogP contribution >= 0.6 is 0 Å². The van der Waals surface area contributed by atoms with Crippen molar-refractivity contribution in [3.63, 3.8) is 0 Å². The largest absolute Gasteiger partial charge is 0.392 e. The summed E-state index contributed by atoms with van der Waals surface area (Å²) in [4.78, 5) is 6.39. The molecule has 0 aliphatic rings. The van der Waals surface area contributed by atoms with Crippen molar-refractivity contribution in [2.75, 3.05) is 20.3 Å². The highest BCUT2D eigenvalue weighted by Gasteiger charge is 2.16. The first-order valence-corrected chi connectivity index (χ1v) is 6.25. The quantitative estimate of drug-likeness (QED) is 0.744. The van der Waals surface area contributed by atoms with Crippen LogP contribution in [0.4, 0.5) is 0 Å². The summed E-state index contributed by atoms with van der Waals surface area (Å²) < 4.78 is 10.1. The van der Waals surface area contributed by atoms with E-state index in [1.807, 2.05) is 0 Å². The molecule has 0 fully saturated rings. The Kier molecular flexibility index (Phi) is 6.24. The van der Waals surface area contributed by atoms with Crippen molar-refractivity contribution in [3.05, 3.63) is 11.7 Å². The summed E-state index contributed by atoms with van der Waals surface area (Å²) in [5.41, 5.74) is 0. The molecule has 1 rings (SSSR count). The fourth-order valence-corrected chi connectivity index (χ4v) is 1.62. The number of rotatable bonds is 8. The normalized spacial score (nSPS) is 13.5. The third kappa shape index (κ3) is 5.12. The van der Waals surface area contributed by atoms with Crippen LogP contribution in [0.1, 0.15) is 32.5 Å². The third-order valence-electron chi connectivity index (χ3n) is 2.61. The van der Waals surface area contributed by atoms with E-state index in [0.29, 0.717) is 43.9 Å². The maximum absolute atomic E-state index is 9.45. The summed E-state index contributed by atoms with van der Waals surface area (Å²) in [6.07, 6.45) is 0.279. The molecule has 0 bridgehead atoms. The van der Waals surface area contributed by atoms with Gasteiger partial charge in [0, 0.05) is 26.1 Å². The molecule has 1 aromatic heterocycles. The molecule has 0 saturated heterocycles. The topological polar surface area (TPSA) is 71.6 Å². The van der Waals surface area contributed by atoms with Crippen LogP contribution in [-0.4, -0.2) is 52.6 Å². The van der Waals surface area contributed by atoms with Crippen LogP contribution in [0.3, 0.4) is 0 Å². The summed E-state index contributed by atoms with van der Waals surface area (Å²) in [6, 6.07) is 0.314. The van der Waals surface area contributed by atoms with Gasteiger partial charge in [0.15, 0.2) is 5.82 Å². The van der Waals surface area contributed by atoms with Crippen molar-refractivity contribution in [1.29, 1.82) is 0 Å². The zero-order chi connectivity index (χ0) is 13.5. The molecule has 1 N–H and O–H groups in total. The molecule has 6 heteroatoms. The third-order valence-corrected chi connectivity index (χ3v) is 2.61. The number of methoxy groups -OCH3 is 1. The van der Waals surface area contributed by atoms with Gasteiger partial charge in [-0.3, -0.25) is 4.90 Å². The zero-order valence-corrected chi connectivity index (χ0v) is 11.6. The molecule has 1 unspecified atom stereocenters. The molecule has 1 heterocycles. The van der Waals surface area contributed by atoms with Gasteiger partial charge in [0.05, 0.1) is 19.3 Å². The summed E-state index contributed by atoms with van der Waals surface area (Å²) in [6.45, 7) is 7.65. The van der Waals surface area contributed by atoms with E-state index in [4.69, 9.17) is 9.26 Å². The molecule has 18 heavy (non-hydrogen) atoms. The number of hydrogen-bond acceptors (Lipinski definition) is 6. The zero-order valence-electron chi connectivity index (χ0n) is 11.6. The Balaban J connectivity index is 2.55. The molecule has 0 aliphatic heterocycles. The second kappa shape index (κ2) is 7.45. The van der Waals surface area contributed by atoms with Gasteiger partial charge in [-0.1, -0.05) is 5.16 Å². The van der Waals surface area contributed by atoms with E-state index in [0.717, 1.165) is 0 Å². The van der Waals surface area contributed by atoms with Crippen molar-refractivity contribution in [3.8, 4) is 0 Å². The average molecular weight is 257 g/mol. The Hall–Kier alpha value is -0.980. The average Bonchev–Trinajstić information content (AvgIpc) is 2.72. The minimum Gasteiger partial charge on any atom is -0.392 e. The predicted octanol–water partition coefficient (Wildman–Crippen LogP) is 0.850. The van der Waals surface area contributed by atoms with Gasteiger partial charge in [-0.15, -0.1) is 0 Å². The molecule has 0 spiro atoms. The van der Waals surface area contributed by atoms with Crippen molar-refractivity contribution >= 4 is 0 Å². The lowest BCUT2D eigenvalue weighted by Crippen LogP contribution is -2.36. The monoisotopic (exact) mass is 257 g/mol. The van der Waals surface area contributed by atoms with Gasteiger partial charge in [-0.25, -0.2) is 0 Å². The number of aliphatic hydroxyl groups is 1. The first kappa shape index (κ1) is 15.1. The molecule has 0 radical (unpaired) electrons. The van der Waals surface area contributed by atoms with Gasteiger partial charge in [0.25, 0.3) is 0 Å². The Morgan fingerprint density at radius 3 is 2.67 bits per heavy atom. The lowest BCUT2D eigenvalue weighted by molar-refractivity contribution is 0.0943. The van der Waals surface area contributed by atoms with Crippen LogP contribution in [0.2, 0.25) is 0 Å². The fourth-order valence-electron chi connectivity index (χ4n) is 1.62. The maximum Gasteiger partial charge on any atom is 0.240 e.